The molecule has 0 radical (unpaired) electrons. The van der Waals surface area contributed by atoms with Gasteiger partial charge in [-0.2, -0.15) is 0 Å². The lowest BCUT2D eigenvalue weighted by molar-refractivity contribution is 0.265. The van der Waals surface area contributed by atoms with Crippen molar-refractivity contribution in [1.29, 1.82) is 0 Å². The Balaban J connectivity index is 1.80. The van der Waals surface area contributed by atoms with E-state index in [4.69, 9.17) is 21.7 Å². The highest BCUT2D eigenvalue weighted by molar-refractivity contribution is 7.80. The Morgan fingerprint density at radius 1 is 1.06 bits per heavy atom. The van der Waals surface area contributed by atoms with Crippen molar-refractivity contribution < 1.29 is 14.6 Å². The normalized spacial score (nSPS) is 10.7. The van der Waals surface area contributed by atoms with Gasteiger partial charge in [0.2, 0.25) is 0 Å². The first kappa shape index (κ1) is 23.6. The minimum Gasteiger partial charge on any atom is -0.494 e. The quantitative estimate of drug-likeness (QED) is 0.400. The SMILES string of the molecule is CCOc1ccc(NC(=S)N(CCCO)Cc2cc3cc(OCC)ccc3[nH]c2=O)cc1. The van der Waals surface area contributed by atoms with Crippen LogP contribution in [0.3, 0.4) is 0 Å². The van der Waals surface area contributed by atoms with Crippen molar-refractivity contribution in [1.82, 2.24) is 9.88 Å². The van der Waals surface area contributed by atoms with Gasteiger partial charge in [0.15, 0.2) is 5.11 Å². The lowest BCUT2D eigenvalue weighted by Gasteiger charge is -2.25. The summed E-state index contributed by atoms with van der Waals surface area (Å²) in [5.41, 5.74) is 1.99. The Morgan fingerprint density at radius 3 is 2.44 bits per heavy atom. The number of aliphatic hydroxyl groups excluding tert-OH is 1. The molecule has 170 valence electrons. The van der Waals surface area contributed by atoms with Gasteiger partial charge < -0.3 is 29.8 Å². The molecule has 0 aliphatic rings. The number of benzene rings is 2. The van der Waals surface area contributed by atoms with Crippen LogP contribution in [0.5, 0.6) is 11.5 Å². The van der Waals surface area contributed by atoms with Crippen LogP contribution < -0.4 is 20.3 Å². The number of H-pyrrole nitrogens is 1. The number of rotatable bonds is 10. The van der Waals surface area contributed by atoms with Gasteiger partial charge in [0.25, 0.3) is 5.56 Å². The number of aromatic nitrogens is 1. The number of fused-ring (bicyclic) bond motifs is 1. The van der Waals surface area contributed by atoms with Gasteiger partial charge in [-0.05, 0) is 81.0 Å². The highest BCUT2D eigenvalue weighted by atomic mass is 32.1. The fraction of sp³-hybridized carbons (Fsp3) is 0.333. The van der Waals surface area contributed by atoms with E-state index < -0.39 is 0 Å². The first-order valence-electron chi connectivity index (χ1n) is 10.7. The molecule has 0 aliphatic carbocycles. The van der Waals surface area contributed by atoms with Crippen molar-refractivity contribution in [3.8, 4) is 11.5 Å². The minimum absolute atomic E-state index is 0.0357. The zero-order valence-corrected chi connectivity index (χ0v) is 19.2. The maximum atomic E-state index is 12.7. The van der Waals surface area contributed by atoms with Crippen LogP contribution in [0, 0.1) is 0 Å². The molecule has 0 bridgehead atoms. The molecule has 0 saturated heterocycles. The van der Waals surface area contributed by atoms with Crippen molar-refractivity contribution in [3.63, 3.8) is 0 Å². The third kappa shape index (κ3) is 6.21. The fourth-order valence-electron chi connectivity index (χ4n) is 3.33. The van der Waals surface area contributed by atoms with Crippen molar-refractivity contribution in [2.24, 2.45) is 0 Å². The first-order chi connectivity index (χ1) is 15.5. The number of nitrogens with zero attached hydrogens (tertiary/aromatic N) is 1. The van der Waals surface area contributed by atoms with Gasteiger partial charge in [-0.1, -0.05) is 0 Å². The number of hydrogen-bond donors (Lipinski definition) is 3. The molecule has 3 aromatic rings. The smallest absolute Gasteiger partial charge is 0.253 e. The average molecular weight is 456 g/mol. The van der Waals surface area contributed by atoms with Crippen LogP contribution in [0.2, 0.25) is 0 Å². The lowest BCUT2D eigenvalue weighted by atomic mass is 10.1. The van der Waals surface area contributed by atoms with Crippen LogP contribution in [0.25, 0.3) is 10.9 Å². The van der Waals surface area contributed by atoms with Gasteiger partial charge in [-0.3, -0.25) is 4.79 Å². The molecule has 3 N–H and O–H groups in total. The van der Waals surface area contributed by atoms with E-state index in [1.54, 1.807) is 0 Å². The maximum Gasteiger partial charge on any atom is 0.253 e. The zero-order valence-electron chi connectivity index (χ0n) is 18.4. The molecular formula is C24H29N3O4S. The largest absolute Gasteiger partial charge is 0.494 e. The second kappa shape index (κ2) is 11.5. The Hall–Kier alpha value is -3.10. The van der Waals surface area contributed by atoms with Crippen LogP contribution in [-0.4, -0.2) is 46.5 Å². The summed E-state index contributed by atoms with van der Waals surface area (Å²) in [6.07, 6.45) is 0.533. The second-order valence-electron chi connectivity index (χ2n) is 7.19. The molecule has 7 nitrogen and oxygen atoms in total. The monoisotopic (exact) mass is 455 g/mol. The molecule has 8 heteroatoms. The third-order valence-electron chi connectivity index (χ3n) is 4.85. The summed E-state index contributed by atoms with van der Waals surface area (Å²) in [5.74, 6) is 1.54. The highest BCUT2D eigenvalue weighted by Gasteiger charge is 2.14. The molecule has 32 heavy (non-hydrogen) atoms. The molecule has 1 aromatic heterocycles. The molecule has 0 amide bonds. The van der Waals surface area contributed by atoms with Gasteiger partial charge >= 0.3 is 0 Å². The first-order valence-corrected chi connectivity index (χ1v) is 11.1. The van der Waals surface area contributed by atoms with Crippen molar-refractivity contribution in [2.45, 2.75) is 26.8 Å². The molecule has 0 aliphatic heterocycles. The van der Waals surface area contributed by atoms with Crippen LogP contribution in [0.15, 0.2) is 53.3 Å². The van der Waals surface area contributed by atoms with E-state index in [-0.39, 0.29) is 12.2 Å². The van der Waals surface area contributed by atoms with Crippen molar-refractivity contribution in [3.05, 3.63) is 64.4 Å². The van der Waals surface area contributed by atoms with Crippen molar-refractivity contribution >= 4 is 33.9 Å². The summed E-state index contributed by atoms with van der Waals surface area (Å²) in [6, 6.07) is 15.0. The molecular weight excluding hydrogens is 426 g/mol. The van der Waals surface area contributed by atoms with E-state index in [2.05, 4.69) is 10.3 Å². The number of ether oxygens (including phenoxy) is 2. The summed E-state index contributed by atoms with van der Waals surface area (Å²) >= 11 is 5.62. The predicted molar refractivity (Wildman–Crippen MR) is 132 cm³/mol. The second-order valence-corrected chi connectivity index (χ2v) is 7.58. The maximum absolute atomic E-state index is 12.7. The zero-order chi connectivity index (χ0) is 22.9. The van der Waals surface area contributed by atoms with Gasteiger partial charge in [0, 0.05) is 35.3 Å². The molecule has 2 aromatic carbocycles. The summed E-state index contributed by atoms with van der Waals surface area (Å²) < 4.78 is 11.0. The van der Waals surface area contributed by atoms with E-state index in [9.17, 15) is 9.90 Å². The topological polar surface area (TPSA) is 86.8 Å². The number of pyridine rings is 1. The predicted octanol–water partition coefficient (Wildman–Crippen LogP) is 3.91. The summed E-state index contributed by atoms with van der Waals surface area (Å²) in [7, 11) is 0. The standard InChI is InChI=1S/C24H29N3O4S/c1-3-30-20-8-6-19(7-9-20)25-24(32)27(12-5-13-28)16-18-14-17-15-21(31-4-2)10-11-22(17)26-23(18)29/h6-11,14-15,28H,3-5,12-13,16H2,1-2H3,(H,25,32)(H,26,29). The van der Waals surface area contributed by atoms with Gasteiger partial charge in [-0.25, -0.2) is 0 Å². The number of anilines is 1. The average Bonchev–Trinajstić information content (AvgIpc) is 2.78. The number of aromatic amines is 1. The van der Waals surface area contributed by atoms with Gasteiger partial charge in [0.05, 0.1) is 19.8 Å². The van der Waals surface area contributed by atoms with Crippen molar-refractivity contribution in [2.75, 3.05) is 31.7 Å². The van der Waals surface area contributed by atoms with Crippen LogP contribution in [0.4, 0.5) is 5.69 Å². The Labute approximate surface area is 193 Å². The summed E-state index contributed by atoms with van der Waals surface area (Å²) in [5, 5.41) is 13.9. The van der Waals surface area contributed by atoms with Crippen LogP contribution in [-0.2, 0) is 6.54 Å². The fourth-order valence-corrected chi connectivity index (χ4v) is 3.60. The molecule has 0 atom stereocenters. The van der Waals surface area contributed by atoms with E-state index in [1.165, 1.54) is 0 Å². The number of aliphatic hydroxyl groups is 1. The molecule has 0 unspecified atom stereocenters. The Bertz CT molecular complexity index is 1100. The Morgan fingerprint density at radius 2 is 1.75 bits per heavy atom. The molecule has 0 fully saturated rings. The number of thiocarbonyl (C=S) groups is 1. The summed E-state index contributed by atoms with van der Waals surface area (Å²) in [6.45, 7) is 5.90. The van der Waals surface area contributed by atoms with E-state index in [0.29, 0.717) is 43.4 Å². The van der Waals surface area contributed by atoms with E-state index in [1.807, 2.05) is 67.3 Å². The van der Waals surface area contributed by atoms with E-state index in [0.717, 1.165) is 28.1 Å². The Kier molecular flexibility index (Phi) is 8.47. The minimum atomic E-state index is -0.167. The van der Waals surface area contributed by atoms with E-state index >= 15 is 0 Å². The van der Waals surface area contributed by atoms with Crippen LogP contribution in [0.1, 0.15) is 25.8 Å². The highest BCUT2D eigenvalue weighted by Crippen LogP contribution is 2.20. The lowest BCUT2D eigenvalue weighted by Crippen LogP contribution is -2.37. The number of hydrogen-bond acceptors (Lipinski definition) is 5. The summed E-state index contributed by atoms with van der Waals surface area (Å²) in [4.78, 5) is 17.5. The van der Waals surface area contributed by atoms with Gasteiger partial charge in [0.1, 0.15) is 11.5 Å². The third-order valence-corrected chi connectivity index (χ3v) is 5.22. The molecule has 0 saturated carbocycles. The molecule has 1 heterocycles. The van der Waals surface area contributed by atoms with Gasteiger partial charge in [-0.15, -0.1) is 0 Å². The molecule has 3 rings (SSSR count). The van der Waals surface area contributed by atoms with Crippen LogP contribution >= 0.6 is 12.2 Å². The molecule has 0 spiro atoms. The number of nitrogens with one attached hydrogen (secondary N) is 2.